The summed E-state index contributed by atoms with van der Waals surface area (Å²) in [6.45, 7) is 2.66. The topological polar surface area (TPSA) is 46.5 Å². The molecule has 1 N–H and O–H groups in total. The molecule has 0 radical (unpaired) electrons. The minimum atomic E-state index is -1.28. The van der Waals surface area contributed by atoms with Crippen LogP contribution in [0.25, 0.3) is 0 Å². The zero-order valence-corrected chi connectivity index (χ0v) is 9.91. The van der Waals surface area contributed by atoms with E-state index in [9.17, 15) is 9.18 Å². The predicted octanol–water partition coefficient (Wildman–Crippen LogP) is 3.48. The molecular formula is C13H17FO3. The van der Waals surface area contributed by atoms with E-state index in [4.69, 9.17) is 9.84 Å². The van der Waals surface area contributed by atoms with Crippen molar-refractivity contribution in [3.8, 4) is 5.75 Å². The van der Waals surface area contributed by atoms with Crippen LogP contribution in [0.4, 0.5) is 4.39 Å². The Morgan fingerprint density at radius 1 is 1.35 bits per heavy atom. The van der Waals surface area contributed by atoms with Crippen molar-refractivity contribution < 1.29 is 19.0 Å². The molecule has 1 aromatic carbocycles. The predicted molar refractivity (Wildman–Crippen MR) is 63.0 cm³/mol. The van der Waals surface area contributed by atoms with E-state index in [0.717, 1.165) is 31.7 Å². The lowest BCUT2D eigenvalue weighted by atomic mass is 10.2. The van der Waals surface area contributed by atoms with Crippen LogP contribution in [0.15, 0.2) is 18.2 Å². The van der Waals surface area contributed by atoms with Gasteiger partial charge in [0.15, 0.2) is 0 Å². The number of rotatable bonds is 7. The molecule has 1 aromatic rings. The summed E-state index contributed by atoms with van der Waals surface area (Å²) >= 11 is 0. The lowest BCUT2D eigenvalue weighted by Gasteiger charge is -2.07. The third kappa shape index (κ3) is 4.43. The van der Waals surface area contributed by atoms with E-state index in [1.807, 2.05) is 0 Å². The molecule has 0 aliphatic rings. The Bertz CT molecular complexity index is 377. The van der Waals surface area contributed by atoms with Gasteiger partial charge in [0.25, 0.3) is 0 Å². The van der Waals surface area contributed by atoms with Crippen LogP contribution in [0.1, 0.15) is 43.0 Å². The molecule has 1 rings (SSSR count). The van der Waals surface area contributed by atoms with Crippen molar-refractivity contribution in [2.75, 3.05) is 6.61 Å². The van der Waals surface area contributed by atoms with Crippen LogP contribution in [0, 0.1) is 5.82 Å². The van der Waals surface area contributed by atoms with Gasteiger partial charge in [0, 0.05) is 0 Å². The summed E-state index contributed by atoms with van der Waals surface area (Å²) in [6, 6.07) is 3.78. The first-order valence-electron chi connectivity index (χ1n) is 5.80. The molecule has 0 saturated carbocycles. The second-order valence-electron chi connectivity index (χ2n) is 3.86. The van der Waals surface area contributed by atoms with Crippen LogP contribution in [0.2, 0.25) is 0 Å². The fourth-order valence-corrected chi connectivity index (χ4v) is 1.48. The van der Waals surface area contributed by atoms with Crippen molar-refractivity contribution in [2.45, 2.75) is 32.6 Å². The molecule has 0 fully saturated rings. The smallest absolute Gasteiger partial charge is 0.338 e. The van der Waals surface area contributed by atoms with Gasteiger partial charge >= 0.3 is 5.97 Å². The van der Waals surface area contributed by atoms with Crippen LogP contribution < -0.4 is 4.74 Å². The summed E-state index contributed by atoms with van der Waals surface area (Å²) in [5.74, 6) is -1.62. The Hall–Kier alpha value is -1.58. The first kappa shape index (κ1) is 13.5. The average molecular weight is 240 g/mol. The van der Waals surface area contributed by atoms with Gasteiger partial charge in [0.2, 0.25) is 0 Å². The first-order chi connectivity index (χ1) is 8.15. The van der Waals surface area contributed by atoms with E-state index in [2.05, 4.69) is 6.92 Å². The van der Waals surface area contributed by atoms with Crippen molar-refractivity contribution in [1.82, 2.24) is 0 Å². The number of hydrogen-bond donors (Lipinski definition) is 1. The number of benzene rings is 1. The minimum absolute atomic E-state index is 0.351. The second-order valence-corrected chi connectivity index (χ2v) is 3.86. The van der Waals surface area contributed by atoms with E-state index >= 15 is 0 Å². The van der Waals surface area contributed by atoms with E-state index < -0.39 is 11.8 Å². The molecule has 0 amide bonds. The Morgan fingerprint density at radius 2 is 2.12 bits per heavy atom. The normalized spacial score (nSPS) is 10.2. The van der Waals surface area contributed by atoms with E-state index in [1.54, 1.807) is 0 Å². The molecule has 4 heteroatoms. The molecule has 0 unspecified atom stereocenters. The molecule has 0 spiro atoms. The first-order valence-corrected chi connectivity index (χ1v) is 5.80. The number of carbonyl (C=O) groups is 1. The third-order valence-corrected chi connectivity index (χ3v) is 2.43. The molecule has 0 bridgehead atoms. The fourth-order valence-electron chi connectivity index (χ4n) is 1.48. The van der Waals surface area contributed by atoms with Crippen LogP contribution >= 0.6 is 0 Å². The zero-order chi connectivity index (χ0) is 12.7. The maximum absolute atomic E-state index is 13.1. The van der Waals surface area contributed by atoms with Crippen molar-refractivity contribution in [3.05, 3.63) is 29.6 Å². The monoisotopic (exact) mass is 240 g/mol. The minimum Gasteiger partial charge on any atom is -0.494 e. The number of carboxylic acid groups (broad SMARTS) is 1. The summed E-state index contributed by atoms with van der Waals surface area (Å²) in [5.41, 5.74) is -0.351. The van der Waals surface area contributed by atoms with Gasteiger partial charge < -0.3 is 9.84 Å². The average Bonchev–Trinajstić information content (AvgIpc) is 2.30. The highest BCUT2D eigenvalue weighted by molar-refractivity contribution is 5.88. The molecule has 0 heterocycles. The van der Waals surface area contributed by atoms with Gasteiger partial charge in [-0.2, -0.15) is 0 Å². The highest BCUT2D eigenvalue weighted by Crippen LogP contribution is 2.17. The van der Waals surface area contributed by atoms with Gasteiger partial charge in [-0.3, -0.25) is 0 Å². The molecule has 0 aliphatic heterocycles. The lowest BCUT2D eigenvalue weighted by molar-refractivity contribution is 0.0691. The quantitative estimate of drug-likeness (QED) is 0.742. The van der Waals surface area contributed by atoms with Gasteiger partial charge in [-0.25, -0.2) is 9.18 Å². The number of unbranched alkanes of at least 4 members (excludes halogenated alkanes) is 3. The Balaban J connectivity index is 2.49. The van der Waals surface area contributed by atoms with E-state index in [-0.39, 0.29) is 5.56 Å². The maximum Gasteiger partial charge on any atom is 0.338 e. The largest absolute Gasteiger partial charge is 0.494 e. The molecule has 17 heavy (non-hydrogen) atoms. The van der Waals surface area contributed by atoms with Crippen molar-refractivity contribution in [3.63, 3.8) is 0 Å². The number of halogens is 1. The number of ether oxygens (including phenoxy) is 1. The number of hydrogen-bond acceptors (Lipinski definition) is 2. The summed E-state index contributed by atoms with van der Waals surface area (Å²) in [7, 11) is 0. The zero-order valence-electron chi connectivity index (χ0n) is 9.91. The number of aromatic carboxylic acids is 1. The van der Waals surface area contributed by atoms with Crippen LogP contribution in [-0.4, -0.2) is 17.7 Å². The summed E-state index contributed by atoms with van der Waals surface area (Å²) in [6.07, 6.45) is 4.32. The highest BCUT2D eigenvalue weighted by Gasteiger charge is 2.11. The van der Waals surface area contributed by atoms with Crippen molar-refractivity contribution >= 4 is 5.97 Å². The fraction of sp³-hybridized carbons (Fsp3) is 0.462. The maximum atomic E-state index is 13.1. The van der Waals surface area contributed by atoms with Crippen LogP contribution in [0.5, 0.6) is 5.75 Å². The summed E-state index contributed by atoms with van der Waals surface area (Å²) < 4.78 is 18.4. The van der Waals surface area contributed by atoms with Gasteiger partial charge in [-0.15, -0.1) is 0 Å². The van der Waals surface area contributed by atoms with Crippen molar-refractivity contribution in [1.29, 1.82) is 0 Å². The lowest BCUT2D eigenvalue weighted by Crippen LogP contribution is -2.03. The highest BCUT2D eigenvalue weighted by atomic mass is 19.1. The molecule has 94 valence electrons. The van der Waals surface area contributed by atoms with Crippen LogP contribution in [-0.2, 0) is 0 Å². The van der Waals surface area contributed by atoms with E-state index in [1.165, 1.54) is 12.1 Å². The Labute approximate surface area is 100 Å². The van der Waals surface area contributed by atoms with Crippen molar-refractivity contribution in [2.24, 2.45) is 0 Å². The molecule has 3 nitrogen and oxygen atoms in total. The second kappa shape index (κ2) is 6.89. The van der Waals surface area contributed by atoms with Crippen LogP contribution in [0.3, 0.4) is 0 Å². The van der Waals surface area contributed by atoms with Gasteiger partial charge in [-0.05, 0) is 24.6 Å². The molecule has 0 saturated heterocycles. The molecular weight excluding hydrogens is 223 g/mol. The van der Waals surface area contributed by atoms with Gasteiger partial charge in [-0.1, -0.05) is 26.2 Å². The Kier molecular flexibility index (Phi) is 5.46. The van der Waals surface area contributed by atoms with E-state index in [0.29, 0.717) is 12.4 Å². The standard InChI is InChI=1S/C13H17FO3/c1-2-3-4-5-8-17-10-6-7-12(14)11(9-10)13(15)16/h6-7,9H,2-5,8H2,1H3,(H,15,16). The summed E-state index contributed by atoms with van der Waals surface area (Å²) in [5, 5.41) is 8.74. The van der Waals surface area contributed by atoms with Gasteiger partial charge in [0.1, 0.15) is 11.6 Å². The molecule has 0 aromatic heterocycles. The molecule has 0 aliphatic carbocycles. The Morgan fingerprint density at radius 3 is 2.76 bits per heavy atom. The third-order valence-electron chi connectivity index (χ3n) is 2.43. The number of carboxylic acids is 1. The molecule has 0 atom stereocenters. The summed E-state index contributed by atoms with van der Waals surface area (Å²) in [4.78, 5) is 10.7. The SMILES string of the molecule is CCCCCCOc1ccc(F)c(C(=O)O)c1. The van der Waals surface area contributed by atoms with Gasteiger partial charge in [0.05, 0.1) is 12.2 Å².